The number of rotatable bonds is 2. The van der Waals surface area contributed by atoms with Crippen LogP contribution >= 0.6 is 0 Å². The van der Waals surface area contributed by atoms with Gasteiger partial charge < -0.3 is 0 Å². The topological polar surface area (TPSA) is 0 Å². The van der Waals surface area contributed by atoms with Crippen LogP contribution in [0.3, 0.4) is 0 Å². The van der Waals surface area contributed by atoms with Crippen LogP contribution in [0, 0.1) is 22.5 Å². The standard InChI is InChI=1S/C25H32F2/c1-24(2)16-6-5-7-17-25(3,4)23(19-10-14-21(27)15-11-19)22(24)18-8-12-20(26)13-9-18/h8-15,22-23H,5-7,16-17H2,1-4H3. The molecule has 3 rings (SSSR count). The Hall–Kier alpha value is -1.70. The summed E-state index contributed by atoms with van der Waals surface area (Å²) in [7, 11) is 0. The van der Waals surface area contributed by atoms with E-state index in [4.69, 9.17) is 0 Å². The van der Waals surface area contributed by atoms with E-state index in [0.717, 1.165) is 12.8 Å². The molecule has 2 atom stereocenters. The molecule has 0 aromatic heterocycles. The minimum atomic E-state index is -0.197. The van der Waals surface area contributed by atoms with Crippen molar-refractivity contribution in [1.82, 2.24) is 0 Å². The van der Waals surface area contributed by atoms with Gasteiger partial charge in [-0.25, -0.2) is 8.78 Å². The second-order valence-corrected chi connectivity index (χ2v) is 9.60. The van der Waals surface area contributed by atoms with Crippen molar-refractivity contribution in [2.24, 2.45) is 10.8 Å². The lowest BCUT2D eigenvalue weighted by atomic mass is 9.57. The van der Waals surface area contributed by atoms with Gasteiger partial charge in [-0.05, 0) is 70.9 Å². The predicted molar refractivity (Wildman–Crippen MR) is 109 cm³/mol. The molecule has 0 saturated heterocycles. The Balaban J connectivity index is 2.19. The fourth-order valence-electron chi connectivity index (χ4n) is 5.18. The molecule has 2 heteroatoms. The summed E-state index contributed by atoms with van der Waals surface area (Å²) in [4.78, 5) is 0. The van der Waals surface area contributed by atoms with E-state index in [0.29, 0.717) is 0 Å². The van der Waals surface area contributed by atoms with Gasteiger partial charge in [0.1, 0.15) is 11.6 Å². The normalized spacial score (nSPS) is 25.3. The maximum absolute atomic E-state index is 13.6. The molecule has 2 unspecified atom stereocenters. The van der Waals surface area contributed by atoms with Gasteiger partial charge in [0, 0.05) is 0 Å². The molecule has 1 aliphatic rings. The Morgan fingerprint density at radius 2 is 0.926 bits per heavy atom. The van der Waals surface area contributed by atoms with Crippen molar-refractivity contribution in [2.75, 3.05) is 0 Å². The lowest BCUT2D eigenvalue weighted by Crippen LogP contribution is -2.35. The van der Waals surface area contributed by atoms with E-state index in [1.54, 1.807) is 24.3 Å². The molecule has 0 nitrogen and oxygen atoms in total. The number of benzene rings is 2. The molecule has 0 amide bonds. The first-order valence-electron chi connectivity index (χ1n) is 10.2. The molecule has 0 radical (unpaired) electrons. The van der Waals surface area contributed by atoms with Gasteiger partial charge in [-0.1, -0.05) is 71.2 Å². The molecule has 2 aromatic carbocycles. The molecule has 0 N–H and O–H groups in total. The zero-order valence-corrected chi connectivity index (χ0v) is 17.1. The molecule has 0 heterocycles. The van der Waals surface area contributed by atoms with Crippen molar-refractivity contribution in [3.8, 4) is 0 Å². The Morgan fingerprint density at radius 3 is 1.26 bits per heavy atom. The smallest absolute Gasteiger partial charge is 0.123 e. The molecule has 1 aliphatic carbocycles. The summed E-state index contributed by atoms with van der Waals surface area (Å²) in [5.41, 5.74) is 2.51. The first-order valence-corrected chi connectivity index (χ1v) is 10.2. The third kappa shape index (κ3) is 4.42. The Kier molecular flexibility index (Phi) is 5.74. The first kappa shape index (κ1) is 20.0. The van der Waals surface area contributed by atoms with E-state index in [-0.39, 0.29) is 34.3 Å². The van der Waals surface area contributed by atoms with Crippen molar-refractivity contribution in [3.05, 3.63) is 71.3 Å². The summed E-state index contributed by atoms with van der Waals surface area (Å²) in [5.74, 6) is 0.0998. The first-order chi connectivity index (χ1) is 12.7. The lowest BCUT2D eigenvalue weighted by molar-refractivity contribution is 0.150. The largest absolute Gasteiger partial charge is 0.207 e. The van der Waals surface area contributed by atoms with Crippen LogP contribution < -0.4 is 0 Å². The van der Waals surface area contributed by atoms with E-state index in [1.807, 2.05) is 24.3 Å². The molecule has 0 bridgehead atoms. The Labute approximate surface area is 163 Å². The number of hydrogen-bond acceptors (Lipinski definition) is 0. The molecule has 0 spiro atoms. The highest BCUT2D eigenvalue weighted by Crippen LogP contribution is 2.57. The Bertz CT molecular complexity index is 675. The number of halogens is 2. The minimum Gasteiger partial charge on any atom is -0.207 e. The molecule has 146 valence electrons. The summed E-state index contributed by atoms with van der Waals surface area (Å²) in [6.45, 7) is 9.38. The third-order valence-electron chi connectivity index (χ3n) is 6.62. The maximum atomic E-state index is 13.6. The average Bonchev–Trinajstić information content (AvgIpc) is 2.64. The molecule has 27 heavy (non-hydrogen) atoms. The summed E-state index contributed by atoms with van der Waals surface area (Å²) >= 11 is 0. The van der Waals surface area contributed by atoms with Crippen molar-refractivity contribution in [1.29, 1.82) is 0 Å². The summed E-state index contributed by atoms with van der Waals surface area (Å²) in [5, 5.41) is 0. The zero-order valence-electron chi connectivity index (χ0n) is 17.1. The van der Waals surface area contributed by atoms with Crippen molar-refractivity contribution >= 4 is 0 Å². The molecule has 0 aliphatic heterocycles. The molecule has 2 aromatic rings. The van der Waals surface area contributed by atoms with E-state index in [2.05, 4.69) is 27.7 Å². The van der Waals surface area contributed by atoms with Gasteiger partial charge in [0.05, 0.1) is 0 Å². The van der Waals surface area contributed by atoms with Crippen LogP contribution in [0.5, 0.6) is 0 Å². The van der Waals surface area contributed by atoms with Crippen LogP contribution in [0.25, 0.3) is 0 Å². The Morgan fingerprint density at radius 1 is 0.593 bits per heavy atom. The highest BCUT2D eigenvalue weighted by atomic mass is 19.1. The highest BCUT2D eigenvalue weighted by molar-refractivity contribution is 5.33. The van der Waals surface area contributed by atoms with E-state index in [1.165, 1.54) is 30.4 Å². The fourth-order valence-corrected chi connectivity index (χ4v) is 5.18. The van der Waals surface area contributed by atoms with E-state index in [9.17, 15) is 8.78 Å². The monoisotopic (exact) mass is 370 g/mol. The summed E-state index contributed by atoms with van der Waals surface area (Å²) in [6, 6.07) is 14.1. The van der Waals surface area contributed by atoms with Gasteiger partial charge in [0.2, 0.25) is 0 Å². The molecule has 1 fully saturated rings. The van der Waals surface area contributed by atoms with Crippen LogP contribution in [0.1, 0.15) is 82.8 Å². The molecule has 1 saturated carbocycles. The predicted octanol–water partition coefficient (Wildman–Crippen LogP) is 7.85. The van der Waals surface area contributed by atoms with Crippen LogP contribution in [0.2, 0.25) is 0 Å². The van der Waals surface area contributed by atoms with Crippen molar-refractivity contribution in [2.45, 2.75) is 71.6 Å². The minimum absolute atomic E-state index is 0.0679. The fraction of sp³-hybridized carbons (Fsp3) is 0.520. The second kappa shape index (κ2) is 7.73. The van der Waals surface area contributed by atoms with Crippen LogP contribution in [0.15, 0.2) is 48.5 Å². The lowest BCUT2D eigenvalue weighted by Gasteiger charge is -2.47. The molecular formula is C25H32F2. The van der Waals surface area contributed by atoms with Crippen molar-refractivity contribution in [3.63, 3.8) is 0 Å². The van der Waals surface area contributed by atoms with Gasteiger partial charge in [-0.3, -0.25) is 0 Å². The van der Waals surface area contributed by atoms with Gasteiger partial charge in [-0.2, -0.15) is 0 Å². The van der Waals surface area contributed by atoms with Gasteiger partial charge in [0.25, 0.3) is 0 Å². The maximum Gasteiger partial charge on any atom is 0.123 e. The quantitative estimate of drug-likeness (QED) is 0.505. The zero-order chi connectivity index (χ0) is 19.7. The third-order valence-corrected chi connectivity index (χ3v) is 6.62. The van der Waals surface area contributed by atoms with Crippen LogP contribution in [-0.4, -0.2) is 0 Å². The van der Waals surface area contributed by atoms with Crippen LogP contribution in [-0.2, 0) is 0 Å². The summed E-state index contributed by atoms with van der Waals surface area (Å²) in [6.07, 6.45) is 5.97. The second-order valence-electron chi connectivity index (χ2n) is 9.60. The van der Waals surface area contributed by atoms with Gasteiger partial charge >= 0.3 is 0 Å². The van der Waals surface area contributed by atoms with Gasteiger partial charge in [-0.15, -0.1) is 0 Å². The average molecular weight is 371 g/mol. The van der Waals surface area contributed by atoms with Crippen molar-refractivity contribution < 1.29 is 8.78 Å². The SMILES string of the molecule is CC1(C)CCCCCC(C)(C)C(c2ccc(F)cc2)C1c1ccc(F)cc1. The highest BCUT2D eigenvalue weighted by Gasteiger charge is 2.44. The van der Waals surface area contributed by atoms with Crippen LogP contribution in [0.4, 0.5) is 8.78 Å². The van der Waals surface area contributed by atoms with E-state index >= 15 is 0 Å². The van der Waals surface area contributed by atoms with E-state index < -0.39 is 0 Å². The van der Waals surface area contributed by atoms with Gasteiger partial charge in [0.15, 0.2) is 0 Å². The summed E-state index contributed by atoms with van der Waals surface area (Å²) < 4.78 is 27.3. The molecular weight excluding hydrogens is 338 g/mol. The number of hydrogen-bond donors (Lipinski definition) is 0.